The lowest BCUT2D eigenvalue weighted by atomic mass is 10.0. The van der Waals surface area contributed by atoms with E-state index in [0.717, 1.165) is 22.8 Å². The van der Waals surface area contributed by atoms with Crippen LogP contribution in [-0.4, -0.2) is 34.7 Å². The minimum atomic E-state index is -0.273. The van der Waals surface area contributed by atoms with E-state index in [1.54, 1.807) is 18.3 Å². The SMILES string of the molecule is COCC(=O)Nc1ccc(N2C(=S)N[C@@H](c3ccccn3)[C@H]2c2ccc(C)[nH]2)cc1Cl. The Balaban J connectivity index is 1.71. The van der Waals surface area contributed by atoms with Crippen molar-refractivity contribution in [2.24, 2.45) is 0 Å². The summed E-state index contributed by atoms with van der Waals surface area (Å²) in [4.78, 5) is 21.8. The normalized spacial score (nSPS) is 18.2. The van der Waals surface area contributed by atoms with Crippen molar-refractivity contribution in [2.45, 2.75) is 19.0 Å². The Labute approximate surface area is 190 Å². The van der Waals surface area contributed by atoms with E-state index in [4.69, 9.17) is 28.6 Å². The van der Waals surface area contributed by atoms with Crippen molar-refractivity contribution >= 4 is 46.2 Å². The minimum Gasteiger partial charge on any atom is -0.375 e. The molecule has 3 heterocycles. The number of halogens is 1. The predicted molar refractivity (Wildman–Crippen MR) is 125 cm³/mol. The highest BCUT2D eigenvalue weighted by atomic mass is 35.5. The van der Waals surface area contributed by atoms with E-state index in [1.165, 1.54) is 7.11 Å². The summed E-state index contributed by atoms with van der Waals surface area (Å²) < 4.78 is 4.86. The maximum atomic E-state index is 11.9. The van der Waals surface area contributed by atoms with Gasteiger partial charge in [0.1, 0.15) is 12.6 Å². The Morgan fingerprint density at radius 2 is 2.13 bits per heavy atom. The van der Waals surface area contributed by atoms with Crippen molar-refractivity contribution in [1.29, 1.82) is 0 Å². The summed E-state index contributed by atoms with van der Waals surface area (Å²) in [7, 11) is 1.46. The number of pyridine rings is 1. The first-order valence-electron chi connectivity index (χ1n) is 9.72. The van der Waals surface area contributed by atoms with Gasteiger partial charge >= 0.3 is 0 Å². The second-order valence-electron chi connectivity index (χ2n) is 7.24. The van der Waals surface area contributed by atoms with Crippen molar-refractivity contribution in [3.63, 3.8) is 0 Å². The highest BCUT2D eigenvalue weighted by molar-refractivity contribution is 7.80. The number of methoxy groups -OCH3 is 1. The Kier molecular flexibility index (Phi) is 6.22. The van der Waals surface area contributed by atoms with E-state index in [9.17, 15) is 4.79 Å². The third-order valence-corrected chi connectivity index (χ3v) is 5.68. The number of nitrogens with one attached hydrogen (secondary N) is 3. The molecule has 7 nitrogen and oxygen atoms in total. The Morgan fingerprint density at radius 1 is 1.29 bits per heavy atom. The number of anilines is 2. The first-order chi connectivity index (χ1) is 15.0. The summed E-state index contributed by atoms with van der Waals surface area (Å²) >= 11 is 12.2. The molecule has 0 spiro atoms. The van der Waals surface area contributed by atoms with E-state index < -0.39 is 0 Å². The number of rotatable bonds is 6. The molecule has 3 aromatic rings. The van der Waals surface area contributed by atoms with Gasteiger partial charge in [0.2, 0.25) is 5.91 Å². The third-order valence-electron chi connectivity index (χ3n) is 5.05. The van der Waals surface area contributed by atoms with Crippen LogP contribution in [0.15, 0.2) is 54.7 Å². The van der Waals surface area contributed by atoms with Gasteiger partial charge in [-0.2, -0.15) is 0 Å². The molecule has 2 atom stereocenters. The molecule has 9 heteroatoms. The monoisotopic (exact) mass is 455 g/mol. The van der Waals surface area contributed by atoms with Crippen molar-refractivity contribution in [1.82, 2.24) is 15.3 Å². The Bertz CT molecular complexity index is 1100. The van der Waals surface area contributed by atoms with Crippen LogP contribution in [0, 0.1) is 6.92 Å². The molecule has 3 N–H and O–H groups in total. The number of amides is 1. The molecule has 1 amide bonds. The molecule has 0 radical (unpaired) electrons. The number of aromatic nitrogens is 2. The minimum absolute atomic E-state index is 0.0434. The zero-order chi connectivity index (χ0) is 22.0. The van der Waals surface area contributed by atoms with Gasteiger partial charge in [0.15, 0.2) is 5.11 Å². The zero-order valence-electron chi connectivity index (χ0n) is 17.1. The first-order valence-corrected chi connectivity index (χ1v) is 10.5. The van der Waals surface area contributed by atoms with Crippen LogP contribution < -0.4 is 15.5 Å². The fourth-order valence-corrected chi connectivity index (χ4v) is 4.29. The van der Waals surface area contributed by atoms with Crippen LogP contribution >= 0.6 is 23.8 Å². The number of benzene rings is 1. The van der Waals surface area contributed by atoms with Crippen molar-refractivity contribution in [2.75, 3.05) is 23.9 Å². The van der Waals surface area contributed by atoms with Gasteiger partial charge in [-0.15, -0.1) is 0 Å². The predicted octanol–water partition coefficient (Wildman–Crippen LogP) is 4.13. The van der Waals surface area contributed by atoms with Crippen LogP contribution in [0.1, 0.15) is 29.2 Å². The number of thiocarbonyl (C=S) groups is 1. The largest absolute Gasteiger partial charge is 0.375 e. The molecule has 0 aliphatic carbocycles. The van der Waals surface area contributed by atoms with Gasteiger partial charge in [-0.25, -0.2) is 0 Å². The number of aryl methyl sites for hydroxylation is 1. The molecule has 1 aliphatic heterocycles. The van der Waals surface area contributed by atoms with E-state index in [-0.39, 0.29) is 24.6 Å². The average Bonchev–Trinajstić information content (AvgIpc) is 3.33. The number of H-pyrrole nitrogens is 1. The second-order valence-corrected chi connectivity index (χ2v) is 8.03. The maximum absolute atomic E-state index is 11.9. The molecule has 1 fully saturated rings. The molecule has 4 rings (SSSR count). The topological polar surface area (TPSA) is 82.3 Å². The van der Waals surface area contributed by atoms with Crippen LogP contribution in [0.25, 0.3) is 0 Å². The first kappa shape index (κ1) is 21.3. The zero-order valence-corrected chi connectivity index (χ0v) is 18.6. The van der Waals surface area contributed by atoms with E-state index in [2.05, 4.69) is 26.7 Å². The molecule has 0 saturated carbocycles. The van der Waals surface area contributed by atoms with Crippen LogP contribution in [0.5, 0.6) is 0 Å². The van der Waals surface area contributed by atoms with E-state index in [0.29, 0.717) is 15.8 Å². The van der Waals surface area contributed by atoms with Crippen molar-refractivity contribution in [3.8, 4) is 0 Å². The van der Waals surface area contributed by atoms with Gasteiger partial charge in [0, 0.05) is 30.4 Å². The lowest BCUT2D eigenvalue weighted by molar-refractivity contribution is -0.119. The maximum Gasteiger partial charge on any atom is 0.250 e. The number of hydrogen-bond donors (Lipinski definition) is 3. The lowest BCUT2D eigenvalue weighted by Gasteiger charge is -2.27. The summed E-state index contributed by atoms with van der Waals surface area (Å²) in [6, 6.07) is 15.1. The van der Waals surface area contributed by atoms with E-state index in [1.807, 2.05) is 42.2 Å². The van der Waals surface area contributed by atoms with Crippen LogP contribution in [0.4, 0.5) is 11.4 Å². The molecule has 0 bridgehead atoms. The quantitative estimate of drug-likeness (QED) is 0.485. The highest BCUT2D eigenvalue weighted by Gasteiger charge is 2.41. The molecule has 1 aromatic carbocycles. The molecule has 2 aromatic heterocycles. The fourth-order valence-electron chi connectivity index (χ4n) is 3.72. The van der Waals surface area contributed by atoms with Crippen LogP contribution in [0.3, 0.4) is 0 Å². The molecule has 1 saturated heterocycles. The van der Waals surface area contributed by atoms with Gasteiger partial charge < -0.3 is 25.3 Å². The Morgan fingerprint density at radius 3 is 2.77 bits per heavy atom. The van der Waals surface area contributed by atoms with Gasteiger partial charge in [-0.1, -0.05) is 17.7 Å². The highest BCUT2D eigenvalue weighted by Crippen LogP contribution is 2.42. The summed E-state index contributed by atoms with van der Waals surface area (Å²) in [5.41, 5.74) is 4.28. The van der Waals surface area contributed by atoms with Gasteiger partial charge in [0.25, 0.3) is 0 Å². The summed E-state index contributed by atoms with van der Waals surface area (Å²) in [5.74, 6) is -0.273. The molecule has 1 aliphatic rings. The van der Waals surface area contributed by atoms with Gasteiger partial charge in [-0.3, -0.25) is 9.78 Å². The molecular weight excluding hydrogens is 434 g/mol. The number of aromatic amines is 1. The summed E-state index contributed by atoms with van der Waals surface area (Å²) in [6.45, 7) is 1.97. The van der Waals surface area contributed by atoms with Gasteiger partial charge in [0.05, 0.1) is 22.4 Å². The lowest BCUT2D eigenvalue weighted by Crippen LogP contribution is -2.29. The number of nitrogens with zero attached hydrogens (tertiary/aromatic N) is 2. The Hall–Kier alpha value is -2.94. The average molecular weight is 456 g/mol. The van der Waals surface area contributed by atoms with Crippen LogP contribution in [-0.2, 0) is 9.53 Å². The third kappa shape index (κ3) is 4.41. The standard InChI is InChI=1S/C22H22ClN5O2S/c1-13-6-8-18(25-13)21-20(17-5-3-4-10-24-17)27-22(31)28(21)14-7-9-16(15(23)11-14)26-19(29)12-30-2/h3-11,20-21,25H,12H2,1-2H3,(H,26,29)(H,27,31)/t20-,21+/m0/s1. The molecule has 160 valence electrons. The van der Waals surface area contributed by atoms with Gasteiger partial charge in [-0.05, 0) is 61.6 Å². The molecule has 31 heavy (non-hydrogen) atoms. The number of carbonyl (C=O) groups excluding carboxylic acids is 1. The van der Waals surface area contributed by atoms with Crippen molar-refractivity contribution in [3.05, 3.63) is 76.8 Å². The second kappa shape index (κ2) is 9.05. The summed E-state index contributed by atoms with van der Waals surface area (Å²) in [6.07, 6.45) is 1.77. The fraction of sp³-hybridized carbons (Fsp3) is 0.227. The van der Waals surface area contributed by atoms with E-state index >= 15 is 0 Å². The molecule has 0 unspecified atom stereocenters. The number of hydrogen-bond acceptors (Lipinski definition) is 4. The smallest absolute Gasteiger partial charge is 0.250 e. The van der Waals surface area contributed by atoms with Crippen LogP contribution in [0.2, 0.25) is 5.02 Å². The number of ether oxygens (including phenoxy) is 1. The number of carbonyl (C=O) groups is 1. The molecular formula is C22H22ClN5O2S. The van der Waals surface area contributed by atoms with Crippen molar-refractivity contribution < 1.29 is 9.53 Å². The summed E-state index contributed by atoms with van der Waals surface area (Å²) in [5, 5.41) is 7.13.